The molecule has 0 heterocycles. The minimum Gasteiger partial charge on any atom is -0.298 e. The first-order chi connectivity index (χ1) is 7.88. The highest BCUT2D eigenvalue weighted by atomic mass is 15.1. The van der Waals surface area contributed by atoms with Gasteiger partial charge in [-0.1, -0.05) is 25.7 Å². The Labute approximate surface area is 98.7 Å². The van der Waals surface area contributed by atoms with Crippen LogP contribution in [0.25, 0.3) is 0 Å². The molecule has 0 unspecified atom stereocenters. The van der Waals surface area contributed by atoms with Crippen LogP contribution in [0.1, 0.15) is 51.4 Å². The molecule has 0 aromatic heterocycles. The maximum atomic E-state index is 8.65. The Hall–Kier alpha value is -1.06. The second kappa shape index (κ2) is 8.13. The summed E-state index contributed by atoms with van der Waals surface area (Å²) in [5, 5.41) is 17.3. The van der Waals surface area contributed by atoms with E-state index >= 15 is 0 Å². The van der Waals surface area contributed by atoms with E-state index in [-0.39, 0.29) is 0 Å². The van der Waals surface area contributed by atoms with Gasteiger partial charge in [-0.25, -0.2) is 0 Å². The summed E-state index contributed by atoms with van der Waals surface area (Å²) in [6.45, 7) is 1.67. The summed E-state index contributed by atoms with van der Waals surface area (Å²) in [5.74, 6) is 0. The molecule has 0 amide bonds. The van der Waals surface area contributed by atoms with Crippen LogP contribution in [0.5, 0.6) is 0 Å². The molecule has 88 valence electrons. The molecule has 16 heavy (non-hydrogen) atoms. The minimum absolute atomic E-state index is 0.585. The Kier molecular flexibility index (Phi) is 6.61. The zero-order valence-electron chi connectivity index (χ0n) is 9.99. The third kappa shape index (κ3) is 4.64. The highest BCUT2D eigenvalue weighted by molar-refractivity contribution is 4.81. The summed E-state index contributed by atoms with van der Waals surface area (Å²) in [5.41, 5.74) is 0. The lowest BCUT2D eigenvalue weighted by Crippen LogP contribution is -2.36. The van der Waals surface area contributed by atoms with Gasteiger partial charge in [0.1, 0.15) is 0 Å². The van der Waals surface area contributed by atoms with E-state index in [4.69, 9.17) is 10.5 Å². The third-order valence-electron chi connectivity index (χ3n) is 3.36. The lowest BCUT2D eigenvalue weighted by atomic mass is 10.1. The van der Waals surface area contributed by atoms with Crippen LogP contribution >= 0.6 is 0 Å². The van der Waals surface area contributed by atoms with E-state index < -0.39 is 0 Å². The van der Waals surface area contributed by atoms with Crippen molar-refractivity contribution in [2.24, 2.45) is 0 Å². The first-order valence-corrected chi connectivity index (χ1v) is 6.36. The Bertz CT molecular complexity index is 235. The van der Waals surface area contributed by atoms with Crippen LogP contribution in [0.3, 0.4) is 0 Å². The maximum absolute atomic E-state index is 8.65. The van der Waals surface area contributed by atoms with Crippen molar-refractivity contribution in [3.8, 4) is 12.1 Å². The van der Waals surface area contributed by atoms with E-state index in [1.54, 1.807) is 0 Å². The van der Waals surface area contributed by atoms with Crippen molar-refractivity contribution in [1.82, 2.24) is 4.90 Å². The first kappa shape index (κ1) is 13.0. The fourth-order valence-electron chi connectivity index (χ4n) is 2.49. The SMILES string of the molecule is N#CCCN(CCC#N)C1CCCCCC1. The predicted molar refractivity (Wildman–Crippen MR) is 63.5 cm³/mol. The second-order valence-corrected chi connectivity index (χ2v) is 4.50. The molecule has 3 nitrogen and oxygen atoms in total. The molecule has 0 saturated heterocycles. The van der Waals surface area contributed by atoms with Gasteiger partial charge in [-0.2, -0.15) is 10.5 Å². The van der Waals surface area contributed by atoms with Crippen molar-refractivity contribution >= 4 is 0 Å². The summed E-state index contributed by atoms with van der Waals surface area (Å²) < 4.78 is 0. The fraction of sp³-hybridized carbons (Fsp3) is 0.846. The Morgan fingerprint density at radius 1 is 0.875 bits per heavy atom. The van der Waals surface area contributed by atoms with Crippen LogP contribution in [-0.2, 0) is 0 Å². The van der Waals surface area contributed by atoms with Gasteiger partial charge in [0.05, 0.1) is 12.1 Å². The van der Waals surface area contributed by atoms with Crippen LogP contribution < -0.4 is 0 Å². The van der Waals surface area contributed by atoms with Gasteiger partial charge in [0.15, 0.2) is 0 Å². The van der Waals surface area contributed by atoms with Gasteiger partial charge in [0, 0.05) is 32.0 Å². The van der Waals surface area contributed by atoms with Gasteiger partial charge >= 0.3 is 0 Å². The maximum Gasteiger partial charge on any atom is 0.0635 e. The van der Waals surface area contributed by atoms with Crippen molar-refractivity contribution in [3.63, 3.8) is 0 Å². The first-order valence-electron chi connectivity index (χ1n) is 6.36. The van der Waals surface area contributed by atoms with E-state index in [9.17, 15) is 0 Å². The van der Waals surface area contributed by atoms with Gasteiger partial charge in [-0.05, 0) is 12.8 Å². The van der Waals surface area contributed by atoms with Gasteiger partial charge in [0.25, 0.3) is 0 Å². The van der Waals surface area contributed by atoms with Gasteiger partial charge in [-0.3, -0.25) is 4.90 Å². The molecule has 1 rings (SSSR count). The van der Waals surface area contributed by atoms with Crippen molar-refractivity contribution in [2.75, 3.05) is 13.1 Å². The smallest absolute Gasteiger partial charge is 0.0635 e. The third-order valence-corrected chi connectivity index (χ3v) is 3.36. The Balaban J connectivity index is 2.44. The number of hydrogen-bond donors (Lipinski definition) is 0. The molecular formula is C13H21N3. The van der Waals surface area contributed by atoms with Crippen molar-refractivity contribution in [1.29, 1.82) is 10.5 Å². The van der Waals surface area contributed by atoms with E-state index in [1.807, 2.05) is 0 Å². The highest BCUT2D eigenvalue weighted by Crippen LogP contribution is 2.22. The molecular weight excluding hydrogens is 198 g/mol. The average Bonchev–Trinajstić information content (AvgIpc) is 2.58. The molecule has 0 aromatic carbocycles. The van der Waals surface area contributed by atoms with Gasteiger partial charge in [0.2, 0.25) is 0 Å². The zero-order chi connectivity index (χ0) is 11.6. The Morgan fingerprint density at radius 3 is 1.81 bits per heavy atom. The lowest BCUT2D eigenvalue weighted by Gasteiger charge is -2.29. The lowest BCUT2D eigenvalue weighted by molar-refractivity contribution is 0.186. The van der Waals surface area contributed by atoms with E-state index in [1.165, 1.54) is 38.5 Å². The standard InChI is InChI=1S/C13H21N3/c14-9-5-11-16(12-6-10-15)13-7-3-1-2-4-8-13/h13H,1-8,11-12H2. The number of nitriles is 2. The molecule has 0 bridgehead atoms. The minimum atomic E-state index is 0.585. The molecule has 0 aromatic rings. The molecule has 0 spiro atoms. The van der Waals surface area contributed by atoms with Crippen LogP contribution in [0, 0.1) is 22.7 Å². The largest absolute Gasteiger partial charge is 0.298 e. The molecule has 0 atom stereocenters. The second-order valence-electron chi connectivity index (χ2n) is 4.50. The summed E-state index contributed by atoms with van der Waals surface area (Å²) in [4.78, 5) is 2.36. The predicted octanol–water partition coefficient (Wildman–Crippen LogP) is 2.84. The van der Waals surface area contributed by atoms with Gasteiger partial charge < -0.3 is 0 Å². The molecule has 1 aliphatic rings. The van der Waals surface area contributed by atoms with Crippen molar-refractivity contribution < 1.29 is 0 Å². The van der Waals surface area contributed by atoms with Crippen LogP contribution in [-0.4, -0.2) is 24.0 Å². The van der Waals surface area contributed by atoms with Gasteiger partial charge in [-0.15, -0.1) is 0 Å². The number of rotatable bonds is 5. The van der Waals surface area contributed by atoms with Crippen molar-refractivity contribution in [3.05, 3.63) is 0 Å². The molecule has 1 fully saturated rings. The summed E-state index contributed by atoms with van der Waals surface area (Å²) in [6, 6.07) is 5.02. The Morgan fingerprint density at radius 2 is 1.38 bits per heavy atom. The number of hydrogen-bond acceptors (Lipinski definition) is 3. The molecule has 3 heteroatoms. The van der Waals surface area contributed by atoms with Crippen LogP contribution in [0.2, 0.25) is 0 Å². The molecule has 0 N–H and O–H groups in total. The van der Waals surface area contributed by atoms with Crippen LogP contribution in [0.15, 0.2) is 0 Å². The molecule has 0 aliphatic heterocycles. The van der Waals surface area contributed by atoms with E-state index in [0.717, 1.165) is 13.1 Å². The molecule has 0 radical (unpaired) electrons. The average molecular weight is 219 g/mol. The van der Waals surface area contributed by atoms with E-state index in [0.29, 0.717) is 18.9 Å². The zero-order valence-corrected chi connectivity index (χ0v) is 9.99. The van der Waals surface area contributed by atoms with Crippen LogP contribution in [0.4, 0.5) is 0 Å². The molecule has 1 saturated carbocycles. The number of nitrogens with zero attached hydrogens (tertiary/aromatic N) is 3. The quantitative estimate of drug-likeness (QED) is 0.668. The summed E-state index contributed by atoms with van der Waals surface area (Å²) in [6.07, 6.45) is 8.97. The van der Waals surface area contributed by atoms with E-state index in [2.05, 4.69) is 17.0 Å². The topological polar surface area (TPSA) is 50.8 Å². The normalized spacial score (nSPS) is 17.7. The highest BCUT2D eigenvalue weighted by Gasteiger charge is 2.19. The summed E-state index contributed by atoms with van der Waals surface area (Å²) >= 11 is 0. The summed E-state index contributed by atoms with van der Waals surface area (Å²) in [7, 11) is 0. The monoisotopic (exact) mass is 219 g/mol. The fourth-order valence-corrected chi connectivity index (χ4v) is 2.49. The molecule has 1 aliphatic carbocycles. The van der Waals surface area contributed by atoms with Crippen molar-refractivity contribution in [2.45, 2.75) is 57.4 Å².